The Labute approximate surface area is 112 Å². The SMILES string of the molecule is C=CCN(CCO)C(=O)/C=C/c1ccc(Cl)cc1. The molecular weight excluding hydrogens is 250 g/mol. The number of hydrogen-bond acceptors (Lipinski definition) is 2. The van der Waals surface area contributed by atoms with E-state index in [1.807, 2.05) is 12.1 Å². The number of rotatable bonds is 6. The number of carbonyl (C=O) groups is 1. The minimum Gasteiger partial charge on any atom is -0.395 e. The lowest BCUT2D eigenvalue weighted by Gasteiger charge is -2.17. The van der Waals surface area contributed by atoms with Crippen LogP contribution >= 0.6 is 11.6 Å². The standard InChI is InChI=1S/C14H16ClNO2/c1-2-9-16(10-11-17)14(18)8-5-12-3-6-13(15)7-4-12/h2-8,17H,1,9-11H2/b8-5+. The van der Waals surface area contributed by atoms with E-state index in [-0.39, 0.29) is 12.5 Å². The molecule has 1 aromatic carbocycles. The molecular formula is C14H16ClNO2. The number of aliphatic hydroxyl groups excluding tert-OH is 1. The van der Waals surface area contributed by atoms with Crippen molar-refractivity contribution in [3.05, 3.63) is 53.6 Å². The molecule has 3 nitrogen and oxygen atoms in total. The fourth-order valence-electron chi connectivity index (χ4n) is 1.41. The van der Waals surface area contributed by atoms with Gasteiger partial charge in [0.1, 0.15) is 0 Å². The summed E-state index contributed by atoms with van der Waals surface area (Å²) in [6.45, 7) is 4.24. The van der Waals surface area contributed by atoms with Crippen LogP contribution in [-0.2, 0) is 4.79 Å². The smallest absolute Gasteiger partial charge is 0.246 e. The Morgan fingerprint density at radius 3 is 2.61 bits per heavy atom. The van der Waals surface area contributed by atoms with Crippen LogP contribution in [0, 0.1) is 0 Å². The molecule has 0 unspecified atom stereocenters. The van der Waals surface area contributed by atoms with Crippen molar-refractivity contribution in [1.82, 2.24) is 4.90 Å². The van der Waals surface area contributed by atoms with Crippen LogP contribution in [0.2, 0.25) is 5.02 Å². The van der Waals surface area contributed by atoms with Crippen molar-refractivity contribution in [3.8, 4) is 0 Å². The molecule has 0 aliphatic carbocycles. The minimum atomic E-state index is -0.154. The molecule has 1 amide bonds. The van der Waals surface area contributed by atoms with E-state index in [4.69, 9.17) is 16.7 Å². The second kappa shape index (κ2) is 7.69. The lowest BCUT2D eigenvalue weighted by atomic mass is 10.2. The highest BCUT2D eigenvalue weighted by atomic mass is 35.5. The number of benzene rings is 1. The summed E-state index contributed by atoms with van der Waals surface area (Å²) in [5.41, 5.74) is 0.898. The molecule has 1 N–H and O–H groups in total. The van der Waals surface area contributed by atoms with Gasteiger partial charge in [0.15, 0.2) is 0 Å². The zero-order valence-electron chi connectivity index (χ0n) is 10.1. The maximum atomic E-state index is 11.8. The summed E-state index contributed by atoms with van der Waals surface area (Å²) in [6.07, 6.45) is 4.82. The number of amides is 1. The van der Waals surface area contributed by atoms with Gasteiger partial charge in [-0.25, -0.2) is 0 Å². The second-order valence-corrected chi connectivity index (χ2v) is 4.12. The lowest BCUT2D eigenvalue weighted by Crippen LogP contribution is -2.32. The van der Waals surface area contributed by atoms with E-state index in [1.165, 1.54) is 11.0 Å². The molecule has 0 aliphatic rings. The van der Waals surface area contributed by atoms with E-state index >= 15 is 0 Å². The minimum absolute atomic E-state index is 0.0611. The van der Waals surface area contributed by atoms with Crippen molar-refractivity contribution in [1.29, 1.82) is 0 Å². The largest absolute Gasteiger partial charge is 0.395 e. The summed E-state index contributed by atoms with van der Waals surface area (Å²) in [4.78, 5) is 13.3. The molecule has 0 radical (unpaired) electrons. The first-order valence-electron chi connectivity index (χ1n) is 5.61. The Bertz CT molecular complexity index is 426. The zero-order valence-corrected chi connectivity index (χ0v) is 10.8. The van der Waals surface area contributed by atoms with Gasteiger partial charge < -0.3 is 10.0 Å². The first-order chi connectivity index (χ1) is 8.67. The highest BCUT2D eigenvalue weighted by Gasteiger charge is 2.07. The van der Waals surface area contributed by atoms with Crippen LogP contribution in [-0.4, -0.2) is 35.6 Å². The molecule has 0 saturated carbocycles. The number of aliphatic hydroxyl groups is 1. The highest BCUT2D eigenvalue weighted by Crippen LogP contribution is 2.10. The Morgan fingerprint density at radius 2 is 2.06 bits per heavy atom. The van der Waals surface area contributed by atoms with Gasteiger partial charge in [-0.2, -0.15) is 0 Å². The van der Waals surface area contributed by atoms with Gasteiger partial charge in [0.25, 0.3) is 0 Å². The molecule has 0 aliphatic heterocycles. The topological polar surface area (TPSA) is 40.5 Å². The van der Waals surface area contributed by atoms with Crippen LogP contribution in [0.25, 0.3) is 6.08 Å². The van der Waals surface area contributed by atoms with E-state index < -0.39 is 0 Å². The third kappa shape index (κ3) is 4.73. The van der Waals surface area contributed by atoms with Crippen molar-refractivity contribution in [2.75, 3.05) is 19.7 Å². The van der Waals surface area contributed by atoms with Gasteiger partial charge in [-0.1, -0.05) is 29.8 Å². The molecule has 0 bridgehead atoms. The number of nitrogens with zero attached hydrogens (tertiary/aromatic N) is 1. The summed E-state index contributed by atoms with van der Waals surface area (Å²) < 4.78 is 0. The fourth-order valence-corrected chi connectivity index (χ4v) is 1.54. The van der Waals surface area contributed by atoms with E-state index in [2.05, 4.69) is 6.58 Å². The van der Waals surface area contributed by atoms with E-state index in [1.54, 1.807) is 24.3 Å². The van der Waals surface area contributed by atoms with E-state index in [0.717, 1.165) is 5.56 Å². The van der Waals surface area contributed by atoms with Crippen LogP contribution < -0.4 is 0 Å². The molecule has 0 fully saturated rings. The summed E-state index contributed by atoms with van der Waals surface area (Å²) in [5, 5.41) is 9.52. The fraction of sp³-hybridized carbons (Fsp3) is 0.214. The third-order valence-electron chi connectivity index (χ3n) is 2.32. The van der Waals surface area contributed by atoms with Crippen LogP contribution in [0.15, 0.2) is 43.0 Å². The van der Waals surface area contributed by atoms with Crippen molar-refractivity contribution in [3.63, 3.8) is 0 Å². The lowest BCUT2D eigenvalue weighted by molar-refractivity contribution is -0.125. The summed E-state index contributed by atoms with van der Waals surface area (Å²) in [6, 6.07) is 7.19. The number of carbonyl (C=O) groups excluding carboxylic acids is 1. The monoisotopic (exact) mass is 265 g/mol. The molecule has 18 heavy (non-hydrogen) atoms. The van der Waals surface area contributed by atoms with Crippen molar-refractivity contribution >= 4 is 23.6 Å². The molecule has 4 heteroatoms. The molecule has 0 atom stereocenters. The van der Waals surface area contributed by atoms with Gasteiger partial charge in [0, 0.05) is 24.2 Å². The maximum absolute atomic E-state index is 11.8. The van der Waals surface area contributed by atoms with Gasteiger partial charge in [-0.15, -0.1) is 6.58 Å². The number of halogens is 1. The average Bonchev–Trinajstić information content (AvgIpc) is 2.37. The van der Waals surface area contributed by atoms with Crippen molar-refractivity contribution in [2.24, 2.45) is 0 Å². The quantitative estimate of drug-likeness (QED) is 0.634. The predicted molar refractivity (Wildman–Crippen MR) is 74.3 cm³/mol. The Kier molecular flexibility index (Phi) is 6.19. The van der Waals surface area contributed by atoms with Crippen LogP contribution in [0.1, 0.15) is 5.56 Å². The van der Waals surface area contributed by atoms with Gasteiger partial charge in [-0.3, -0.25) is 4.79 Å². The van der Waals surface area contributed by atoms with Crippen LogP contribution in [0.5, 0.6) is 0 Å². The zero-order chi connectivity index (χ0) is 13.4. The third-order valence-corrected chi connectivity index (χ3v) is 2.57. The molecule has 1 aromatic rings. The Morgan fingerprint density at radius 1 is 1.39 bits per heavy atom. The maximum Gasteiger partial charge on any atom is 0.246 e. The normalized spacial score (nSPS) is 10.6. The Hall–Kier alpha value is -1.58. The molecule has 0 saturated heterocycles. The summed E-state index contributed by atoms with van der Waals surface area (Å²) in [5.74, 6) is -0.154. The number of hydrogen-bond donors (Lipinski definition) is 1. The summed E-state index contributed by atoms with van der Waals surface area (Å²) >= 11 is 5.77. The van der Waals surface area contributed by atoms with Crippen LogP contribution in [0.4, 0.5) is 0 Å². The highest BCUT2D eigenvalue weighted by molar-refractivity contribution is 6.30. The summed E-state index contributed by atoms with van der Waals surface area (Å²) in [7, 11) is 0. The first kappa shape index (κ1) is 14.5. The molecule has 0 spiro atoms. The van der Waals surface area contributed by atoms with Crippen molar-refractivity contribution < 1.29 is 9.90 Å². The van der Waals surface area contributed by atoms with Gasteiger partial charge >= 0.3 is 0 Å². The molecule has 0 aromatic heterocycles. The first-order valence-corrected chi connectivity index (χ1v) is 5.99. The second-order valence-electron chi connectivity index (χ2n) is 3.68. The van der Waals surface area contributed by atoms with Gasteiger partial charge in [0.05, 0.1) is 6.61 Å². The molecule has 96 valence electrons. The Balaban J connectivity index is 2.66. The van der Waals surface area contributed by atoms with E-state index in [9.17, 15) is 4.79 Å². The van der Waals surface area contributed by atoms with Gasteiger partial charge in [0.2, 0.25) is 5.91 Å². The van der Waals surface area contributed by atoms with E-state index in [0.29, 0.717) is 18.1 Å². The van der Waals surface area contributed by atoms with Crippen LogP contribution in [0.3, 0.4) is 0 Å². The molecule has 1 rings (SSSR count). The van der Waals surface area contributed by atoms with Crippen molar-refractivity contribution in [2.45, 2.75) is 0 Å². The average molecular weight is 266 g/mol. The van der Waals surface area contributed by atoms with Gasteiger partial charge in [-0.05, 0) is 23.8 Å². The molecule has 0 heterocycles. The predicted octanol–water partition coefficient (Wildman–Crippen LogP) is 2.36.